The summed E-state index contributed by atoms with van der Waals surface area (Å²) < 4.78 is 160. The number of anilines is 2. The Bertz CT molecular complexity index is 2160. The van der Waals surface area contributed by atoms with Gasteiger partial charge in [-0.15, -0.1) is 0 Å². The van der Waals surface area contributed by atoms with Gasteiger partial charge in [0.2, 0.25) is 23.7 Å². The van der Waals surface area contributed by atoms with E-state index in [1.807, 2.05) is 0 Å². The van der Waals surface area contributed by atoms with Gasteiger partial charge in [0.1, 0.15) is 48.0 Å². The summed E-state index contributed by atoms with van der Waals surface area (Å²) in [7, 11) is 0. The number of hydrogen-bond acceptors (Lipinski definition) is 25. The average molecular weight is 1250 g/mol. The van der Waals surface area contributed by atoms with Crippen LogP contribution < -0.4 is 27.0 Å². The Kier molecular flexibility index (Phi) is 28.9. The van der Waals surface area contributed by atoms with E-state index >= 15 is 0 Å². The maximum Gasteiger partial charge on any atom is 0.433 e. The zero-order chi connectivity index (χ0) is 62.2. The van der Waals surface area contributed by atoms with Crippen LogP contribution >= 0.6 is 0 Å². The smallest absolute Gasteiger partial charge is 0.391 e. The van der Waals surface area contributed by atoms with Crippen molar-refractivity contribution in [3.05, 3.63) is 35.9 Å². The molecule has 6 rings (SSSR count). The van der Waals surface area contributed by atoms with Crippen molar-refractivity contribution in [2.75, 3.05) is 143 Å². The normalized spacial score (nSPS) is 24.6. The van der Waals surface area contributed by atoms with E-state index in [1.54, 1.807) is 27.7 Å². The van der Waals surface area contributed by atoms with Crippen molar-refractivity contribution in [1.82, 2.24) is 30.6 Å². The van der Waals surface area contributed by atoms with Crippen LogP contribution in [0, 0.1) is 0 Å². The Morgan fingerprint density at radius 1 is 0.558 bits per heavy atom. The molecule has 4 aliphatic heterocycles. The highest BCUT2D eigenvalue weighted by molar-refractivity contribution is 5.76. The molecule has 6 heterocycles. The summed E-state index contributed by atoms with van der Waals surface area (Å²) in [6, 6.07) is -0.651. The van der Waals surface area contributed by atoms with E-state index < -0.39 is 102 Å². The third-order valence-electron chi connectivity index (χ3n) is 13.5. The van der Waals surface area contributed by atoms with E-state index in [0.29, 0.717) is 39.6 Å². The molecule has 86 heavy (non-hydrogen) atoms. The van der Waals surface area contributed by atoms with Crippen molar-refractivity contribution in [3.8, 4) is 0 Å². The fourth-order valence-electron chi connectivity index (χ4n) is 9.32. The molecule has 10 atom stereocenters. The Labute approximate surface area is 494 Å². The van der Waals surface area contributed by atoms with Gasteiger partial charge in [-0.05, 0) is 52.7 Å². The van der Waals surface area contributed by atoms with Crippen LogP contribution in [-0.2, 0) is 88.3 Å². The minimum Gasteiger partial charge on any atom is -0.391 e. The monoisotopic (exact) mass is 1250 g/mol. The summed E-state index contributed by atoms with van der Waals surface area (Å²) >= 11 is 0. The quantitative estimate of drug-likeness (QED) is 0.0366. The molecule has 4 aliphatic rings. The van der Waals surface area contributed by atoms with Crippen molar-refractivity contribution < 1.29 is 112 Å². The zero-order valence-corrected chi connectivity index (χ0v) is 48.7. The Morgan fingerprint density at radius 2 is 0.884 bits per heavy atom. The molecule has 0 spiro atoms. The van der Waals surface area contributed by atoms with Gasteiger partial charge in [0.25, 0.3) is 0 Å². The number of halogens is 6. The van der Waals surface area contributed by atoms with E-state index in [-0.39, 0.29) is 142 Å². The molecule has 490 valence electrons. The number of nitrogens with one attached hydrogen (secondary N) is 4. The van der Waals surface area contributed by atoms with Crippen molar-refractivity contribution in [2.45, 2.75) is 144 Å². The average Bonchev–Trinajstić information content (AvgIpc) is 2.05. The minimum atomic E-state index is -4.62. The van der Waals surface area contributed by atoms with Gasteiger partial charge < -0.3 is 104 Å². The number of hydrogen-bond donors (Lipinski definition) is 7. The van der Waals surface area contributed by atoms with Gasteiger partial charge >= 0.3 is 12.4 Å². The number of alkyl halides is 6. The van der Waals surface area contributed by atoms with Crippen molar-refractivity contribution >= 4 is 23.7 Å². The molecule has 0 aliphatic carbocycles. The number of nitrogens with two attached hydrogens (primary N) is 1. The lowest BCUT2D eigenvalue weighted by Gasteiger charge is -2.37. The lowest BCUT2D eigenvalue weighted by atomic mass is 9.98. The summed E-state index contributed by atoms with van der Waals surface area (Å²) in [6.45, 7) is 11.8. The second kappa shape index (κ2) is 35.1. The van der Waals surface area contributed by atoms with Crippen LogP contribution in [0.1, 0.15) is 64.8 Å². The van der Waals surface area contributed by atoms with Gasteiger partial charge in [-0.25, -0.2) is 19.9 Å². The number of rotatable bonds is 40. The summed E-state index contributed by atoms with van der Waals surface area (Å²) in [4.78, 5) is 39.6. The molecule has 0 radical (unpaired) electrons. The number of aliphatic hydroxyl groups is 2. The largest absolute Gasteiger partial charge is 0.433 e. The molecule has 0 aromatic carbocycles. The van der Waals surface area contributed by atoms with Gasteiger partial charge in [0.15, 0.2) is 11.6 Å². The van der Waals surface area contributed by atoms with Crippen molar-refractivity contribution in [1.29, 1.82) is 0 Å². The molecular formula is C53H83F6N9O18. The van der Waals surface area contributed by atoms with Crippen molar-refractivity contribution in [2.24, 2.45) is 5.73 Å². The van der Waals surface area contributed by atoms with E-state index in [4.69, 9.17) is 72.0 Å². The predicted octanol–water partition coefficient (Wildman–Crippen LogP) is 1.38. The topological polar surface area (TPSA) is 330 Å². The van der Waals surface area contributed by atoms with E-state index in [2.05, 4.69) is 41.2 Å². The Balaban J connectivity index is 0.668. The first-order valence-corrected chi connectivity index (χ1v) is 28.5. The highest BCUT2D eigenvalue weighted by Crippen LogP contribution is 2.38. The number of carbonyl (C=O) groups excluding carboxylic acids is 2. The van der Waals surface area contributed by atoms with E-state index in [0.717, 1.165) is 24.5 Å². The first-order valence-electron chi connectivity index (χ1n) is 28.5. The maximum atomic E-state index is 13.2. The molecule has 2 amide bonds. The molecule has 2 aromatic heterocycles. The number of aromatic nitrogens is 4. The standard InChI is InChI=1S/C53H83F6N9O18/c1-50(2)83-44-33(65-48-63-11-9-39(67-48)52(54,55)56)29-81-37(46(44)85-50)31-79-27-25-77-23-21-75-19-17-73-15-13-61-41(71)7-5-35(69)43(60)36(70)6-8-42(72)62-14-16-74-18-20-76-22-24-78-26-28-80-32-38-47-45(84-51(3,4)86-47)34(30-82-38)66-49-64-12-10-40(68-49)53(57,58)59/h9-12,33-38,43-47,69-70H,5-8,13-32,60H2,1-4H3,(H,61,71)(H,62,72)(H,63,65,67)(H,64,66,68)/t33-,34-,35?,36?,37+,38+,43?,44+,45+,46-,47-/m0/s1. The Hall–Kier alpha value is -4.40. The van der Waals surface area contributed by atoms with Crippen LogP contribution in [0.4, 0.5) is 38.2 Å². The SMILES string of the molecule is CC1(C)O[C@@H]2[C@H](O1)[C@@H](Nc1nccc(C(F)(F)F)n1)CO[C@@H]2COCCOCCOCCOCCNC(=O)CCC(O)C(N)C(O)CCC(=O)NCCOCCOCCOCCOC[C@H]1OC[C@H](Nc2nccc(C(F)(F)F)n2)[C@H]2OC(C)(C)O[C@H]21. The van der Waals surface area contributed by atoms with Gasteiger partial charge in [-0.1, -0.05) is 0 Å². The number of aliphatic hydroxyl groups excluding tert-OH is 2. The van der Waals surface area contributed by atoms with E-state index in [9.17, 15) is 46.1 Å². The van der Waals surface area contributed by atoms with Gasteiger partial charge in [-0.3, -0.25) is 9.59 Å². The third kappa shape index (κ3) is 24.5. The summed E-state index contributed by atoms with van der Waals surface area (Å²) in [5.74, 6) is -3.01. The van der Waals surface area contributed by atoms with Crippen LogP contribution in [0.15, 0.2) is 24.5 Å². The minimum absolute atomic E-state index is 0.00229. The molecule has 2 unspecified atom stereocenters. The Morgan fingerprint density at radius 3 is 1.23 bits per heavy atom. The maximum absolute atomic E-state index is 13.2. The molecule has 2 aromatic rings. The first-order chi connectivity index (χ1) is 41.0. The summed E-state index contributed by atoms with van der Waals surface area (Å²) in [5.41, 5.74) is 3.87. The van der Waals surface area contributed by atoms with Crippen LogP contribution in [0.5, 0.6) is 0 Å². The van der Waals surface area contributed by atoms with Gasteiger partial charge in [-0.2, -0.15) is 26.3 Å². The van der Waals surface area contributed by atoms with Gasteiger partial charge in [0, 0.05) is 38.3 Å². The molecule has 0 bridgehead atoms. The highest BCUT2D eigenvalue weighted by atomic mass is 19.4. The molecule has 4 fully saturated rings. The predicted molar refractivity (Wildman–Crippen MR) is 287 cm³/mol. The lowest BCUT2D eigenvalue weighted by Crippen LogP contribution is -2.55. The van der Waals surface area contributed by atoms with Crippen LogP contribution in [-0.4, -0.2) is 253 Å². The summed E-state index contributed by atoms with van der Waals surface area (Å²) in [5, 5.41) is 32.1. The highest BCUT2D eigenvalue weighted by Gasteiger charge is 2.54. The van der Waals surface area contributed by atoms with Crippen LogP contribution in [0.3, 0.4) is 0 Å². The third-order valence-corrected chi connectivity index (χ3v) is 13.5. The van der Waals surface area contributed by atoms with Gasteiger partial charge in [0.05, 0.1) is 149 Å². The molecular weight excluding hydrogens is 1160 g/mol. The lowest BCUT2D eigenvalue weighted by molar-refractivity contribution is -0.161. The first kappa shape index (κ1) is 70.7. The van der Waals surface area contributed by atoms with Crippen molar-refractivity contribution in [3.63, 3.8) is 0 Å². The molecule has 27 nitrogen and oxygen atoms in total. The number of carbonyl (C=O) groups is 2. The second-order valence-electron chi connectivity index (χ2n) is 21.2. The number of amides is 2. The van der Waals surface area contributed by atoms with E-state index in [1.165, 1.54) is 0 Å². The second-order valence-corrected chi connectivity index (χ2v) is 21.2. The molecule has 8 N–H and O–H groups in total. The van der Waals surface area contributed by atoms with Crippen LogP contribution in [0.25, 0.3) is 0 Å². The zero-order valence-electron chi connectivity index (χ0n) is 48.7. The number of ether oxygens (including phenoxy) is 14. The van der Waals surface area contributed by atoms with Crippen LogP contribution in [0.2, 0.25) is 0 Å². The fraction of sp³-hybridized carbons (Fsp3) is 0.811. The molecule has 0 saturated carbocycles. The fourth-order valence-corrected chi connectivity index (χ4v) is 9.32. The molecule has 33 heteroatoms. The number of fused-ring (bicyclic) bond motifs is 2. The number of nitrogens with zero attached hydrogens (tertiary/aromatic N) is 4. The summed E-state index contributed by atoms with van der Waals surface area (Å²) in [6.07, 6.45) is -12.9. The molecule has 4 saturated heterocycles.